The number of nitrogens with one attached hydrogen (secondary N) is 3. The molecule has 1 aromatic rings. The minimum absolute atomic E-state index is 0.0660. The molecule has 0 saturated carbocycles. The fraction of sp³-hybridized carbons (Fsp3) is 0.462. The first kappa shape index (κ1) is 19.5. The van der Waals surface area contributed by atoms with E-state index in [1.54, 1.807) is 5.38 Å². The van der Waals surface area contributed by atoms with Crippen LogP contribution < -0.4 is 16.0 Å². The number of anilines is 1. The number of thiazole rings is 1. The highest BCUT2D eigenvalue weighted by Crippen LogP contribution is 2.19. The maximum Gasteiger partial charge on any atom is 0.276 e. The molecule has 1 saturated heterocycles. The summed E-state index contributed by atoms with van der Waals surface area (Å²) in [5, 5.41) is 13.4. The molecular weight excluding hydrogens is 386 g/mol. The van der Waals surface area contributed by atoms with Gasteiger partial charge >= 0.3 is 0 Å². The Morgan fingerprint density at radius 1 is 1.48 bits per heavy atom. The molecule has 2 atom stereocenters. The molecule has 1 aliphatic rings. The largest absolute Gasteiger partial charge is 0.398 e. The first-order valence-electron chi connectivity index (χ1n) is 7.00. The van der Waals surface area contributed by atoms with E-state index in [0.717, 1.165) is 0 Å². The molecule has 1 aliphatic heterocycles. The molecule has 136 valence electrons. The zero-order valence-corrected chi connectivity index (χ0v) is 16.1. The number of aromatic nitrogens is 1. The number of carbonyl (C=O) groups excluding carboxylic acids is 3. The smallest absolute Gasteiger partial charge is 0.276 e. The van der Waals surface area contributed by atoms with Crippen molar-refractivity contribution in [2.45, 2.75) is 11.4 Å². The van der Waals surface area contributed by atoms with Crippen LogP contribution in [-0.4, -0.2) is 65.2 Å². The number of thioether (sulfide) groups is 2. The molecule has 1 aromatic heterocycles. The molecule has 0 bridgehead atoms. The van der Waals surface area contributed by atoms with Crippen LogP contribution in [0.15, 0.2) is 10.5 Å². The molecule has 0 spiro atoms. The molecule has 3 amide bonds. The Morgan fingerprint density at radius 3 is 2.84 bits per heavy atom. The van der Waals surface area contributed by atoms with Gasteiger partial charge in [0.15, 0.2) is 10.8 Å². The van der Waals surface area contributed by atoms with Crippen LogP contribution in [0.3, 0.4) is 0 Å². The minimum Gasteiger partial charge on any atom is -0.398 e. The average molecular weight is 404 g/mol. The van der Waals surface area contributed by atoms with Crippen LogP contribution >= 0.6 is 34.9 Å². The van der Waals surface area contributed by atoms with Crippen LogP contribution in [0.4, 0.5) is 5.13 Å². The third-order valence-electron chi connectivity index (χ3n) is 3.08. The number of hydrogen-bond donors (Lipinski definition) is 3. The third-order valence-corrected chi connectivity index (χ3v) is 5.28. The van der Waals surface area contributed by atoms with Gasteiger partial charge in [-0.3, -0.25) is 14.4 Å². The molecule has 12 heteroatoms. The van der Waals surface area contributed by atoms with Gasteiger partial charge in [-0.1, -0.05) is 5.16 Å². The van der Waals surface area contributed by atoms with Crippen molar-refractivity contribution < 1.29 is 19.2 Å². The van der Waals surface area contributed by atoms with Crippen LogP contribution in [0.2, 0.25) is 0 Å². The normalized spacial score (nSPS) is 19.6. The topological polar surface area (TPSA) is 122 Å². The van der Waals surface area contributed by atoms with Gasteiger partial charge in [-0.2, -0.15) is 11.8 Å². The quantitative estimate of drug-likeness (QED) is 0.320. The second-order valence-electron chi connectivity index (χ2n) is 4.76. The summed E-state index contributed by atoms with van der Waals surface area (Å²) in [5.41, 5.74) is 0.188. The lowest BCUT2D eigenvalue weighted by atomic mass is 10.1. The van der Waals surface area contributed by atoms with Gasteiger partial charge in [0.2, 0.25) is 11.8 Å². The van der Waals surface area contributed by atoms with E-state index in [0.29, 0.717) is 10.9 Å². The van der Waals surface area contributed by atoms with E-state index in [1.807, 2.05) is 12.5 Å². The Balaban J connectivity index is 2.09. The molecule has 0 unspecified atom stereocenters. The van der Waals surface area contributed by atoms with Gasteiger partial charge in [0, 0.05) is 5.38 Å². The Hall–Kier alpha value is -1.79. The maximum atomic E-state index is 12.4. The predicted octanol–water partition coefficient (Wildman–Crippen LogP) is 0.0988. The fourth-order valence-electron chi connectivity index (χ4n) is 1.92. The van der Waals surface area contributed by atoms with Crippen molar-refractivity contribution in [3.05, 3.63) is 11.1 Å². The minimum atomic E-state index is -0.635. The Labute approximate surface area is 156 Å². The van der Waals surface area contributed by atoms with E-state index in [-0.39, 0.29) is 28.6 Å². The number of hydrogen-bond acceptors (Lipinski definition) is 9. The lowest BCUT2D eigenvalue weighted by molar-refractivity contribution is -0.132. The molecule has 0 aliphatic carbocycles. The lowest BCUT2D eigenvalue weighted by Gasteiger charge is -2.35. The first-order valence-corrected chi connectivity index (χ1v) is 10.6. The number of amides is 3. The second-order valence-corrected chi connectivity index (χ2v) is 7.46. The molecule has 0 aromatic carbocycles. The van der Waals surface area contributed by atoms with Crippen molar-refractivity contribution in [1.82, 2.24) is 15.6 Å². The van der Waals surface area contributed by atoms with Crippen molar-refractivity contribution >= 4 is 63.4 Å². The number of carbonyl (C=O) groups is 3. The highest BCUT2D eigenvalue weighted by Gasteiger charge is 2.40. The summed E-state index contributed by atoms with van der Waals surface area (Å²) in [5.74, 6) is -0.709. The van der Waals surface area contributed by atoms with E-state index in [1.165, 1.54) is 42.0 Å². The van der Waals surface area contributed by atoms with E-state index >= 15 is 0 Å². The molecule has 25 heavy (non-hydrogen) atoms. The van der Waals surface area contributed by atoms with E-state index in [2.05, 4.69) is 26.1 Å². The highest BCUT2D eigenvalue weighted by molar-refractivity contribution is 7.99. The number of oxime groups is 1. The van der Waals surface area contributed by atoms with E-state index in [4.69, 9.17) is 4.84 Å². The standard InChI is InChI=1S/C13H17N5O4S3/c1-22-18-8(10(20)16-9-11(21)17-12(9)24-3)6-4-25-13(14-6)15-7(19)5-23-2/h4,9,12H,5H2,1-3H3,(H,16,20)(H,17,21)(H,14,15,19)/b18-8-/t9-,12+/m1/s1. The zero-order chi connectivity index (χ0) is 18.4. The molecule has 2 heterocycles. The van der Waals surface area contributed by atoms with Crippen LogP contribution in [0.25, 0.3) is 0 Å². The highest BCUT2D eigenvalue weighted by atomic mass is 32.2. The van der Waals surface area contributed by atoms with Gasteiger partial charge < -0.3 is 20.8 Å². The summed E-state index contributed by atoms with van der Waals surface area (Å²) in [6.07, 6.45) is 3.65. The third kappa shape index (κ3) is 4.86. The van der Waals surface area contributed by atoms with Crippen LogP contribution in [0, 0.1) is 0 Å². The summed E-state index contributed by atoms with van der Waals surface area (Å²) in [7, 11) is 1.31. The van der Waals surface area contributed by atoms with E-state index in [9.17, 15) is 14.4 Å². The number of nitrogens with zero attached hydrogens (tertiary/aromatic N) is 2. The lowest BCUT2D eigenvalue weighted by Crippen LogP contribution is -2.68. The molecule has 0 radical (unpaired) electrons. The number of rotatable bonds is 8. The van der Waals surface area contributed by atoms with Crippen molar-refractivity contribution in [2.24, 2.45) is 5.16 Å². The summed E-state index contributed by atoms with van der Waals surface area (Å²) >= 11 is 3.98. The summed E-state index contributed by atoms with van der Waals surface area (Å²) in [4.78, 5) is 44.5. The van der Waals surface area contributed by atoms with Crippen LogP contribution in [0.5, 0.6) is 0 Å². The van der Waals surface area contributed by atoms with Gasteiger partial charge in [0.25, 0.3) is 5.91 Å². The van der Waals surface area contributed by atoms with Gasteiger partial charge in [-0.25, -0.2) is 4.98 Å². The zero-order valence-electron chi connectivity index (χ0n) is 13.7. The van der Waals surface area contributed by atoms with Crippen molar-refractivity contribution in [3.8, 4) is 0 Å². The monoisotopic (exact) mass is 403 g/mol. The maximum absolute atomic E-state index is 12.4. The van der Waals surface area contributed by atoms with Crippen molar-refractivity contribution in [3.63, 3.8) is 0 Å². The summed E-state index contributed by atoms with van der Waals surface area (Å²) < 4.78 is 0. The fourth-order valence-corrected chi connectivity index (χ4v) is 3.67. The Bertz CT molecular complexity index is 693. The first-order chi connectivity index (χ1) is 12.0. The Morgan fingerprint density at radius 2 is 2.24 bits per heavy atom. The van der Waals surface area contributed by atoms with Crippen LogP contribution in [0.1, 0.15) is 5.69 Å². The summed E-state index contributed by atoms with van der Waals surface area (Å²) in [6.45, 7) is 0. The average Bonchev–Trinajstić information content (AvgIpc) is 3.03. The van der Waals surface area contributed by atoms with E-state index < -0.39 is 11.9 Å². The Kier molecular flexibility index (Phi) is 7.08. The molecule has 1 fully saturated rings. The molecule has 3 N–H and O–H groups in total. The number of β-lactam (4-membered cyclic amide) rings is 1. The van der Waals surface area contributed by atoms with Gasteiger partial charge in [-0.05, 0) is 12.5 Å². The van der Waals surface area contributed by atoms with Gasteiger partial charge in [-0.15, -0.1) is 23.1 Å². The molecule has 9 nitrogen and oxygen atoms in total. The van der Waals surface area contributed by atoms with Crippen molar-refractivity contribution in [1.29, 1.82) is 0 Å². The van der Waals surface area contributed by atoms with Crippen molar-refractivity contribution in [2.75, 3.05) is 30.7 Å². The van der Waals surface area contributed by atoms with Crippen LogP contribution in [-0.2, 0) is 19.2 Å². The summed E-state index contributed by atoms with van der Waals surface area (Å²) in [6, 6.07) is -0.635. The van der Waals surface area contributed by atoms with Gasteiger partial charge in [0.05, 0.1) is 5.75 Å². The second kappa shape index (κ2) is 9.06. The molecular formula is C13H17N5O4S3. The molecule has 2 rings (SSSR count). The SMILES string of the molecule is CO/N=C(\C(=O)N[C@@H]1C(=O)N[C@H]1SC)c1csc(NC(=O)CSC)n1. The van der Waals surface area contributed by atoms with Gasteiger partial charge in [0.1, 0.15) is 24.2 Å². The predicted molar refractivity (Wildman–Crippen MR) is 100 cm³/mol.